The highest BCUT2D eigenvalue weighted by Crippen LogP contribution is 2.21. The summed E-state index contributed by atoms with van der Waals surface area (Å²) in [4.78, 5) is 26.0. The molecule has 1 heterocycles. The summed E-state index contributed by atoms with van der Waals surface area (Å²) >= 11 is 0. The van der Waals surface area contributed by atoms with Crippen molar-refractivity contribution in [2.75, 3.05) is 12.4 Å². The zero-order valence-corrected chi connectivity index (χ0v) is 11.8. The average molecular weight is 288 g/mol. The molecule has 110 valence electrons. The van der Waals surface area contributed by atoms with Crippen molar-refractivity contribution in [2.24, 2.45) is 0 Å². The number of amides is 1. The van der Waals surface area contributed by atoms with Gasteiger partial charge in [0.05, 0.1) is 19.2 Å². The maximum absolute atomic E-state index is 12.1. The van der Waals surface area contributed by atoms with Gasteiger partial charge in [0.15, 0.2) is 0 Å². The number of benzene rings is 1. The second-order valence-corrected chi connectivity index (χ2v) is 4.54. The summed E-state index contributed by atoms with van der Waals surface area (Å²) in [5.74, 6) is -0.765. The molecule has 0 radical (unpaired) electrons. The first-order valence-electron chi connectivity index (χ1n) is 6.36. The van der Waals surface area contributed by atoms with Crippen LogP contribution in [0.1, 0.15) is 21.6 Å². The van der Waals surface area contributed by atoms with E-state index < -0.39 is 5.97 Å². The van der Waals surface area contributed by atoms with Gasteiger partial charge in [-0.2, -0.15) is 0 Å². The van der Waals surface area contributed by atoms with E-state index in [-0.39, 0.29) is 23.6 Å². The van der Waals surface area contributed by atoms with Gasteiger partial charge in [0.1, 0.15) is 11.3 Å². The Morgan fingerprint density at radius 1 is 1.33 bits per heavy atom. The van der Waals surface area contributed by atoms with Crippen LogP contribution in [0.15, 0.2) is 30.5 Å². The molecule has 3 N–H and O–H groups in total. The van der Waals surface area contributed by atoms with Gasteiger partial charge in [0, 0.05) is 17.5 Å². The zero-order valence-electron chi connectivity index (χ0n) is 11.8. The van der Waals surface area contributed by atoms with Gasteiger partial charge in [0.2, 0.25) is 5.91 Å². The molecule has 0 saturated carbocycles. The van der Waals surface area contributed by atoms with Crippen LogP contribution in [0.2, 0.25) is 0 Å². The highest BCUT2D eigenvalue weighted by Gasteiger charge is 2.17. The lowest BCUT2D eigenvalue weighted by Gasteiger charge is -2.08. The molecule has 0 spiro atoms. The molecule has 0 saturated heterocycles. The van der Waals surface area contributed by atoms with E-state index in [1.54, 1.807) is 19.1 Å². The molecule has 21 heavy (non-hydrogen) atoms. The summed E-state index contributed by atoms with van der Waals surface area (Å²) in [6.07, 6.45) is 1.58. The molecule has 0 unspecified atom stereocenters. The molecule has 1 amide bonds. The predicted octanol–water partition coefficient (Wildman–Crippen LogP) is 2.21. The number of aromatic nitrogens is 1. The number of para-hydroxylation sites is 1. The Labute approximate surface area is 121 Å². The quantitative estimate of drug-likeness (QED) is 0.786. The van der Waals surface area contributed by atoms with Crippen molar-refractivity contribution in [3.05, 3.63) is 47.3 Å². The number of carbonyl (C=O) groups excluding carboxylic acids is 1. The van der Waals surface area contributed by atoms with Crippen LogP contribution < -0.4 is 10.1 Å². The van der Waals surface area contributed by atoms with Crippen LogP contribution in [-0.2, 0) is 11.2 Å². The second kappa shape index (κ2) is 6.13. The molecular formula is C15H16N2O4. The lowest BCUT2D eigenvalue weighted by atomic mass is 10.1. The van der Waals surface area contributed by atoms with E-state index in [0.717, 1.165) is 5.56 Å². The minimum absolute atomic E-state index is 0.0726. The number of rotatable bonds is 5. The molecule has 0 atom stereocenters. The first-order valence-corrected chi connectivity index (χ1v) is 6.36. The summed E-state index contributed by atoms with van der Waals surface area (Å²) in [5, 5.41) is 11.7. The summed E-state index contributed by atoms with van der Waals surface area (Å²) in [6.45, 7) is 1.64. The Bertz CT molecular complexity index is 676. The van der Waals surface area contributed by atoms with E-state index in [1.807, 2.05) is 12.1 Å². The van der Waals surface area contributed by atoms with Crippen molar-refractivity contribution in [2.45, 2.75) is 13.3 Å². The van der Waals surface area contributed by atoms with E-state index >= 15 is 0 Å². The monoisotopic (exact) mass is 288 g/mol. The zero-order chi connectivity index (χ0) is 15.4. The SMILES string of the molecule is COc1ccccc1CC(=O)Nc1c[nH]c(C)c1C(=O)O. The van der Waals surface area contributed by atoms with Gasteiger partial charge in [-0.15, -0.1) is 0 Å². The number of aromatic carboxylic acids is 1. The van der Waals surface area contributed by atoms with Gasteiger partial charge in [-0.05, 0) is 13.0 Å². The number of aryl methyl sites for hydroxylation is 1. The molecule has 0 fully saturated rings. The lowest BCUT2D eigenvalue weighted by Crippen LogP contribution is -2.16. The Kier molecular flexibility index (Phi) is 4.27. The molecule has 1 aromatic carbocycles. The molecule has 6 heteroatoms. The highest BCUT2D eigenvalue weighted by molar-refractivity contribution is 6.02. The third-order valence-electron chi connectivity index (χ3n) is 3.11. The van der Waals surface area contributed by atoms with Crippen molar-refractivity contribution in [1.82, 2.24) is 4.98 Å². The summed E-state index contributed by atoms with van der Waals surface area (Å²) in [6, 6.07) is 7.19. The molecule has 6 nitrogen and oxygen atoms in total. The first-order chi connectivity index (χ1) is 10.0. The Balaban J connectivity index is 2.14. The van der Waals surface area contributed by atoms with Crippen molar-refractivity contribution >= 4 is 17.6 Å². The van der Waals surface area contributed by atoms with E-state index in [0.29, 0.717) is 11.4 Å². The maximum atomic E-state index is 12.1. The van der Waals surface area contributed by atoms with Crippen molar-refractivity contribution < 1.29 is 19.4 Å². The number of hydrogen-bond acceptors (Lipinski definition) is 3. The van der Waals surface area contributed by atoms with Crippen LogP contribution in [0.25, 0.3) is 0 Å². The maximum Gasteiger partial charge on any atom is 0.339 e. The van der Waals surface area contributed by atoms with Crippen LogP contribution in [0.3, 0.4) is 0 Å². The van der Waals surface area contributed by atoms with E-state index in [2.05, 4.69) is 10.3 Å². The third kappa shape index (κ3) is 3.22. The number of carbonyl (C=O) groups is 2. The van der Waals surface area contributed by atoms with Crippen LogP contribution in [0.5, 0.6) is 5.75 Å². The van der Waals surface area contributed by atoms with Gasteiger partial charge in [-0.1, -0.05) is 18.2 Å². The number of H-pyrrole nitrogens is 1. The smallest absolute Gasteiger partial charge is 0.339 e. The number of nitrogens with one attached hydrogen (secondary N) is 2. The van der Waals surface area contributed by atoms with Gasteiger partial charge >= 0.3 is 5.97 Å². The minimum atomic E-state index is -1.08. The molecule has 0 aliphatic carbocycles. The Morgan fingerprint density at radius 2 is 2.05 bits per heavy atom. The second-order valence-electron chi connectivity index (χ2n) is 4.54. The van der Waals surface area contributed by atoms with Crippen LogP contribution in [0.4, 0.5) is 5.69 Å². The molecule has 2 aromatic rings. The van der Waals surface area contributed by atoms with Gasteiger partial charge < -0.3 is 20.1 Å². The van der Waals surface area contributed by atoms with E-state index in [4.69, 9.17) is 9.84 Å². The van der Waals surface area contributed by atoms with Gasteiger partial charge in [0.25, 0.3) is 0 Å². The normalized spacial score (nSPS) is 10.2. The van der Waals surface area contributed by atoms with Gasteiger partial charge in [-0.25, -0.2) is 4.79 Å². The number of carboxylic acid groups (broad SMARTS) is 1. The fourth-order valence-electron chi connectivity index (χ4n) is 2.12. The van der Waals surface area contributed by atoms with Crippen LogP contribution in [0, 0.1) is 6.92 Å². The van der Waals surface area contributed by atoms with Crippen molar-refractivity contribution in [1.29, 1.82) is 0 Å². The first kappa shape index (κ1) is 14.6. The number of methoxy groups -OCH3 is 1. The Morgan fingerprint density at radius 3 is 2.71 bits per heavy atom. The fraction of sp³-hybridized carbons (Fsp3) is 0.200. The third-order valence-corrected chi connectivity index (χ3v) is 3.11. The van der Waals surface area contributed by atoms with Crippen molar-refractivity contribution in [3.8, 4) is 5.75 Å². The molecule has 0 aliphatic rings. The van der Waals surface area contributed by atoms with Crippen LogP contribution in [-0.4, -0.2) is 29.1 Å². The van der Waals surface area contributed by atoms with E-state index in [9.17, 15) is 9.59 Å². The highest BCUT2D eigenvalue weighted by atomic mass is 16.5. The topological polar surface area (TPSA) is 91.4 Å². The largest absolute Gasteiger partial charge is 0.496 e. The number of carboxylic acids is 1. The standard InChI is InChI=1S/C15H16N2O4/c1-9-14(15(19)20)11(8-16-9)17-13(18)7-10-5-3-4-6-12(10)21-2/h3-6,8,16H,7H2,1-2H3,(H,17,18)(H,19,20). The lowest BCUT2D eigenvalue weighted by molar-refractivity contribution is -0.115. The fourth-order valence-corrected chi connectivity index (χ4v) is 2.12. The molecule has 2 rings (SSSR count). The molecular weight excluding hydrogens is 272 g/mol. The minimum Gasteiger partial charge on any atom is -0.496 e. The van der Waals surface area contributed by atoms with Crippen molar-refractivity contribution in [3.63, 3.8) is 0 Å². The van der Waals surface area contributed by atoms with Crippen LogP contribution >= 0.6 is 0 Å². The summed E-state index contributed by atoms with van der Waals surface area (Å²) in [5.41, 5.74) is 1.57. The number of anilines is 1. The van der Waals surface area contributed by atoms with E-state index in [1.165, 1.54) is 13.3 Å². The molecule has 1 aromatic heterocycles. The summed E-state index contributed by atoms with van der Waals surface area (Å²) < 4.78 is 5.18. The number of aromatic amines is 1. The van der Waals surface area contributed by atoms with Gasteiger partial charge in [-0.3, -0.25) is 4.79 Å². The Hall–Kier alpha value is -2.76. The molecule has 0 bridgehead atoms. The number of ether oxygens (including phenoxy) is 1. The number of hydrogen-bond donors (Lipinski definition) is 3. The average Bonchev–Trinajstić information content (AvgIpc) is 2.80. The molecule has 0 aliphatic heterocycles. The predicted molar refractivity (Wildman–Crippen MR) is 77.8 cm³/mol. The summed E-state index contributed by atoms with van der Waals surface area (Å²) in [7, 11) is 1.54.